The second-order valence-electron chi connectivity index (χ2n) is 17.9. The number of nitrogens with zero attached hydrogens (tertiary/aromatic N) is 4. The van der Waals surface area contributed by atoms with Gasteiger partial charge < -0.3 is 8.98 Å². The molecule has 14 rings (SSSR count). The molecule has 4 aromatic heterocycles. The van der Waals surface area contributed by atoms with Gasteiger partial charge in [0.1, 0.15) is 11.2 Å². The van der Waals surface area contributed by atoms with Gasteiger partial charge in [-0.25, -0.2) is 15.0 Å². The van der Waals surface area contributed by atoms with Gasteiger partial charge in [-0.3, -0.25) is 0 Å². The highest BCUT2D eigenvalue weighted by atomic mass is 16.3. The first kappa shape index (κ1) is 39.7. The standard InChI is InChI=1S/C65H40N4O/c1-3-17-42(18-4-1)55-40-56(46-22-16-24-48(38-46)69-57-30-12-8-25-49(57)50-26-9-13-31-58(50)69)68-65(67-55)44-35-33-41(34-36-44)45-21-15-23-47(37-45)61-62-51-27-7-11-29-54(51)66-64(43-19-5-2-6-20-43)53(62)39-60-63(61)52-28-10-14-32-59(52)70-60/h1-40H. The molecular formula is C65H40N4O. The summed E-state index contributed by atoms with van der Waals surface area (Å²) in [7, 11) is 0. The highest BCUT2D eigenvalue weighted by Crippen LogP contribution is 2.47. The molecule has 0 bridgehead atoms. The van der Waals surface area contributed by atoms with Crippen molar-refractivity contribution < 1.29 is 4.42 Å². The van der Waals surface area contributed by atoms with Crippen LogP contribution in [-0.2, 0) is 0 Å². The van der Waals surface area contributed by atoms with Crippen LogP contribution in [0.3, 0.4) is 0 Å². The summed E-state index contributed by atoms with van der Waals surface area (Å²) in [5.41, 5.74) is 17.2. The first-order valence-electron chi connectivity index (χ1n) is 23.7. The first-order chi connectivity index (χ1) is 34.7. The van der Waals surface area contributed by atoms with E-state index in [4.69, 9.17) is 19.4 Å². The number of benzene rings is 10. The van der Waals surface area contributed by atoms with E-state index in [1.165, 1.54) is 21.8 Å². The lowest BCUT2D eigenvalue weighted by Gasteiger charge is -2.16. The summed E-state index contributed by atoms with van der Waals surface area (Å²) >= 11 is 0. The highest BCUT2D eigenvalue weighted by Gasteiger charge is 2.22. The van der Waals surface area contributed by atoms with Gasteiger partial charge in [0.05, 0.1) is 33.6 Å². The average molecular weight is 893 g/mol. The van der Waals surface area contributed by atoms with Crippen LogP contribution in [0.15, 0.2) is 247 Å². The van der Waals surface area contributed by atoms with Gasteiger partial charge in [-0.15, -0.1) is 0 Å². The maximum absolute atomic E-state index is 6.68. The summed E-state index contributed by atoms with van der Waals surface area (Å²) in [6, 6.07) is 85.5. The molecule has 0 saturated carbocycles. The SMILES string of the molecule is c1ccc(-c2cc(-c3cccc(-n4c5ccccc5c5ccccc54)c3)nc(-c3ccc(-c4cccc(-c5c6c(cc7c(-c8ccccc8)nc8ccccc8c57)oc5ccccc56)c4)cc3)n2)cc1. The Bertz CT molecular complexity index is 4290. The van der Waals surface area contributed by atoms with Gasteiger partial charge in [0.15, 0.2) is 5.82 Å². The summed E-state index contributed by atoms with van der Waals surface area (Å²) in [6.45, 7) is 0. The Balaban J connectivity index is 0.900. The van der Waals surface area contributed by atoms with E-state index >= 15 is 0 Å². The van der Waals surface area contributed by atoms with Crippen LogP contribution < -0.4 is 0 Å². The van der Waals surface area contributed by atoms with Crippen LogP contribution in [0.5, 0.6) is 0 Å². The van der Waals surface area contributed by atoms with Crippen molar-refractivity contribution in [3.63, 3.8) is 0 Å². The van der Waals surface area contributed by atoms with Gasteiger partial charge in [0.25, 0.3) is 0 Å². The lowest BCUT2D eigenvalue weighted by atomic mass is 9.88. The molecule has 0 aliphatic carbocycles. The van der Waals surface area contributed by atoms with Crippen LogP contribution in [0, 0.1) is 0 Å². The van der Waals surface area contributed by atoms with Crippen molar-refractivity contribution in [1.82, 2.24) is 19.5 Å². The quantitative estimate of drug-likeness (QED) is 0.150. The van der Waals surface area contributed by atoms with Gasteiger partial charge in [-0.2, -0.15) is 0 Å². The van der Waals surface area contributed by atoms with Crippen molar-refractivity contribution in [2.45, 2.75) is 0 Å². The average Bonchev–Trinajstić information content (AvgIpc) is 3.98. The van der Waals surface area contributed by atoms with E-state index in [9.17, 15) is 0 Å². The van der Waals surface area contributed by atoms with Crippen LogP contribution in [0.2, 0.25) is 0 Å². The fourth-order valence-electron chi connectivity index (χ4n) is 10.6. The van der Waals surface area contributed by atoms with E-state index in [0.717, 1.165) is 111 Å². The topological polar surface area (TPSA) is 56.7 Å². The molecule has 0 aliphatic rings. The second-order valence-corrected chi connectivity index (χ2v) is 17.9. The zero-order chi connectivity index (χ0) is 46.1. The number of para-hydroxylation sites is 4. The smallest absolute Gasteiger partial charge is 0.160 e. The fourth-order valence-corrected chi connectivity index (χ4v) is 10.6. The number of rotatable bonds is 7. The molecule has 0 aliphatic heterocycles. The summed E-state index contributed by atoms with van der Waals surface area (Å²) in [4.78, 5) is 15.8. The molecule has 326 valence electrons. The molecule has 5 heteroatoms. The summed E-state index contributed by atoms with van der Waals surface area (Å²) in [5, 5.41) is 7.95. The molecule has 14 aromatic rings. The number of furan rings is 1. The van der Waals surface area contributed by atoms with Gasteiger partial charge in [-0.05, 0) is 71.3 Å². The second kappa shape index (κ2) is 16.1. The highest BCUT2D eigenvalue weighted by molar-refractivity contribution is 6.28. The fraction of sp³-hybridized carbons (Fsp3) is 0. The minimum Gasteiger partial charge on any atom is -0.456 e. The lowest BCUT2D eigenvalue weighted by molar-refractivity contribution is 0.669. The summed E-state index contributed by atoms with van der Waals surface area (Å²) in [6.07, 6.45) is 0. The van der Waals surface area contributed by atoms with Gasteiger partial charge in [-0.1, -0.05) is 188 Å². The van der Waals surface area contributed by atoms with Crippen molar-refractivity contribution in [2.75, 3.05) is 0 Å². The zero-order valence-corrected chi connectivity index (χ0v) is 37.8. The number of fused-ring (bicyclic) bond motifs is 9. The molecule has 0 spiro atoms. The molecular weight excluding hydrogens is 853 g/mol. The molecule has 70 heavy (non-hydrogen) atoms. The predicted octanol–water partition coefficient (Wildman–Crippen LogP) is 17.2. The van der Waals surface area contributed by atoms with Crippen LogP contribution in [0.4, 0.5) is 0 Å². The third-order valence-electron chi connectivity index (χ3n) is 13.8. The van der Waals surface area contributed by atoms with E-state index in [1.807, 2.05) is 18.2 Å². The molecule has 4 heterocycles. The normalized spacial score (nSPS) is 11.7. The van der Waals surface area contributed by atoms with Gasteiger partial charge in [0, 0.05) is 71.2 Å². The monoisotopic (exact) mass is 892 g/mol. The van der Waals surface area contributed by atoms with Crippen LogP contribution in [0.1, 0.15) is 0 Å². The van der Waals surface area contributed by atoms with E-state index in [2.05, 4.69) is 229 Å². The Morgan fingerprint density at radius 2 is 0.886 bits per heavy atom. The zero-order valence-electron chi connectivity index (χ0n) is 37.8. The van der Waals surface area contributed by atoms with Crippen molar-refractivity contribution in [2.24, 2.45) is 0 Å². The molecule has 0 N–H and O–H groups in total. The third kappa shape index (κ3) is 6.51. The van der Waals surface area contributed by atoms with Gasteiger partial charge in [0.2, 0.25) is 0 Å². The molecule has 0 fully saturated rings. The Labute approximate surface area is 403 Å². The number of aromatic nitrogens is 4. The minimum atomic E-state index is 0.665. The van der Waals surface area contributed by atoms with Crippen molar-refractivity contribution in [3.8, 4) is 73.1 Å². The molecule has 10 aromatic carbocycles. The Morgan fingerprint density at radius 3 is 1.64 bits per heavy atom. The maximum atomic E-state index is 6.68. The molecule has 0 atom stereocenters. The molecule has 5 nitrogen and oxygen atoms in total. The van der Waals surface area contributed by atoms with E-state index in [0.29, 0.717) is 5.82 Å². The largest absolute Gasteiger partial charge is 0.456 e. The molecule has 0 amide bonds. The van der Waals surface area contributed by atoms with Gasteiger partial charge >= 0.3 is 0 Å². The number of pyridine rings is 1. The molecule has 0 radical (unpaired) electrons. The molecule has 0 unspecified atom stereocenters. The van der Waals surface area contributed by atoms with Crippen molar-refractivity contribution >= 4 is 65.4 Å². The Hall–Kier alpha value is -9.45. The van der Waals surface area contributed by atoms with Crippen molar-refractivity contribution in [3.05, 3.63) is 243 Å². The Kier molecular flexibility index (Phi) is 9.14. The van der Waals surface area contributed by atoms with Crippen LogP contribution in [-0.4, -0.2) is 19.5 Å². The molecule has 0 saturated heterocycles. The van der Waals surface area contributed by atoms with E-state index < -0.39 is 0 Å². The van der Waals surface area contributed by atoms with E-state index in [1.54, 1.807) is 0 Å². The lowest BCUT2D eigenvalue weighted by Crippen LogP contribution is -1.98. The number of hydrogen-bond acceptors (Lipinski definition) is 4. The van der Waals surface area contributed by atoms with Crippen molar-refractivity contribution in [1.29, 1.82) is 0 Å². The summed E-state index contributed by atoms with van der Waals surface area (Å²) < 4.78 is 9.03. The van der Waals surface area contributed by atoms with E-state index in [-0.39, 0.29) is 0 Å². The minimum absolute atomic E-state index is 0.665. The predicted molar refractivity (Wildman–Crippen MR) is 289 cm³/mol. The first-order valence-corrected chi connectivity index (χ1v) is 23.7. The van der Waals surface area contributed by atoms with Crippen LogP contribution in [0.25, 0.3) is 139 Å². The maximum Gasteiger partial charge on any atom is 0.160 e. The number of hydrogen-bond donors (Lipinski definition) is 0. The summed E-state index contributed by atoms with van der Waals surface area (Å²) in [5.74, 6) is 0.665. The van der Waals surface area contributed by atoms with Crippen LogP contribution >= 0.6 is 0 Å². The Morgan fingerprint density at radius 1 is 0.314 bits per heavy atom. The third-order valence-corrected chi connectivity index (χ3v) is 13.8.